The van der Waals surface area contributed by atoms with Gasteiger partial charge in [-0.2, -0.15) is 0 Å². The Balaban J connectivity index is 1.96. The average molecular weight is 257 g/mol. The van der Waals surface area contributed by atoms with Crippen molar-refractivity contribution in [2.24, 2.45) is 5.73 Å². The lowest BCUT2D eigenvalue weighted by molar-refractivity contribution is 0.0697. The highest BCUT2D eigenvalue weighted by molar-refractivity contribution is 5.88. The molecule has 1 aromatic heterocycles. The van der Waals surface area contributed by atoms with Gasteiger partial charge in [0.1, 0.15) is 5.82 Å². The monoisotopic (exact) mass is 257 g/mol. The van der Waals surface area contributed by atoms with E-state index in [9.17, 15) is 4.79 Å². The largest absolute Gasteiger partial charge is 0.478 e. The van der Waals surface area contributed by atoms with Gasteiger partial charge in [0.15, 0.2) is 0 Å². The van der Waals surface area contributed by atoms with E-state index in [4.69, 9.17) is 10.8 Å². The number of aromatic nitrogens is 2. The molecule has 0 aliphatic carbocycles. The van der Waals surface area contributed by atoms with Gasteiger partial charge in [-0.25, -0.2) is 9.78 Å². The van der Waals surface area contributed by atoms with Crippen LogP contribution in [0.3, 0.4) is 0 Å². The van der Waals surface area contributed by atoms with Crippen molar-refractivity contribution >= 4 is 5.97 Å². The van der Waals surface area contributed by atoms with Gasteiger partial charge in [-0.3, -0.25) is 0 Å². The maximum atomic E-state index is 10.8. The number of carbonyl (C=O) groups is 1. The molecule has 1 aliphatic heterocycles. The average Bonchev–Trinajstić information content (AvgIpc) is 2.84. The van der Waals surface area contributed by atoms with Crippen molar-refractivity contribution in [3.05, 3.63) is 41.9 Å². The van der Waals surface area contributed by atoms with Gasteiger partial charge in [0.2, 0.25) is 0 Å². The molecule has 5 heteroatoms. The molecule has 1 aliphatic rings. The summed E-state index contributed by atoms with van der Waals surface area (Å²) < 4.78 is 2.09. The summed E-state index contributed by atoms with van der Waals surface area (Å²) in [4.78, 5) is 15.4. The molecule has 0 amide bonds. The minimum absolute atomic E-state index is 0.000734. The molecule has 0 radical (unpaired) electrons. The zero-order valence-corrected chi connectivity index (χ0v) is 10.4. The van der Waals surface area contributed by atoms with Crippen LogP contribution in [0.4, 0.5) is 0 Å². The van der Waals surface area contributed by atoms with Gasteiger partial charge >= 0.3 is 5.97 Å². The van der Waals surface area contributed by atoms with Gasteiger partial charge in [-0.1, -0.05) is 12.1 Å². The highest BCUT2D eigenvalue weighted by atomic mass is 16.4. The molecule has 1 unspecified atom stereocenters. The third-order valence-corrected chi connectivity index (χ3v) is 3.48. The van der Waals surface area contributed by atoms with Crippen molar-refractivity contribution in [2.75, 3.05) is 0 Å². The predicted octanol–water partition coefficient (Wildman–Crippen LogP) is 2.04. The summed E-state index contributed by atoms with van der Waals surface area (Å²) in [6.07, 6.45) is 4.03. The second-order valence-electron chi connectivity index (χ2n) is 4.81. The molecule has 0 saturated carbocycles. The minimum Gasteiger partial charge on any atom is -0.478 e. The Morgan fingerprint density at radius 2 is 2.11 bits per heavy atom. The molecule has 19 heavy (non-hydrogen) atoms. The number of benzene rings is 1. The van der Waals surface area contributed by atoms with E-state index in [1.807, 2.05) is 6.20 Å². The molecule has 98 valence electrons. The Hall–Kier alpha value is -2.14. The van der Waals surface area contributed by atoms with E-state index >= 15 is 0 Å². The Morgan fingerprint density at radius 3 is 2.74 bits per heavy atom. The van der Waals surface area contributed by atoms with Crippen LogP contribution in [0.25, 0.3) is 11.3 Å². The highest BCUT2D eigenvalue weighted by Gasteiger charge is 2.20. The molecular formula is C14H15N3O2. The van der Waals surface area contributed by atoms with Crippen molar-refractivity contribution in [1.82, 2.24) is 9.55 Å². The van der Waals surface area contributed by atoms with Crippen molar-refractivity contribution in [3.8, 4) is 11.3 Å². The second kappa shape index (κ2) is 4.51. The molecule has 3 rings (SSSR count). The van der Waals surface area contributed by atoms with Crippen LogP contribution in [0.15, 0.2) is 30.5 Å². The summed E-state index contributed by atoms with van der Waals surface area (Å²) >= 11 is 0. The number of nitrogens with zero attached hydrogens (tertiary/aromatic N) is 2. The lowest BCUT2D eigenvalue weighted by atomic mass is 10.1. The summed E-state index contributed by atoms with van der Waals surface area (Å²) in [5, 5.41) is 8.88. The van der Waals surface area contributed by atoms with Crippen molar-refractivity contribution < 1.29 is 9.90 Å². The van der Waals surface area contributed by atoms with Crippen LogP contribution in [0.1, 0.15) is 35.1 Å². The summed E-state index contributed by atoms with van der Waals surface area (Å²) in [6, 6.07) is 6.75. The van der Waals surface area contributed by atoms with Crippen LogP contribution in [0, 0.1) is 0 Å². The van der Waals surface area contributed by atoms with E-state index in [1.54, 1.807) is 24.3 Å². The fraction of sp³-hybridized carbons (Fsp3) is 0.286. The molecule has 1 aromatic carbocycles. The summed E-state index contributed by atoms with van der Waals surface area (Å²) in [5.74, 6) is 0.00117. The van der Waals surface area contributed by atoms with Gasteiger partial charge in [0.05, 0.1) is 17.3 Å². The van der Waals surface area contributed by atoms with Crippen LogP contribution in [0.5, 0.6) is 0 Å². The van der Waals surface area contributed by atoms with E-state index in [2.05, 4.69) is 9.55 Å². The Morgan fingerprint density at radius 1 is 1.37 bits per heavy atom. The van der Waals surface area contributed by atoms with Gasteiger partial charge in [0.25, 0.3) is 0 Å². The molecule has 0 fully saturated rings. The SMILES string of the molecule is NC1CCCn2cc(-c3ccc(C(=O)O)cc3)nc21. The quantitative estimate of drug-likeness (QED) is 0.862. The van der Waals surface area contributed by atoms with E-state index in [-0.39, 0.29) is 11.6 Å². The minimum atomic E-state index is -0.919. The zero-order valence-electron chi connectivity index (χ0n) is 10.4. The van der Waals surface area contributed by atoms with Crippen LogP contribution >= 0.6 is 0 Å². The van der Waals surface area contributed by atoms with Crippen LogP contribution in [0.2, 0.25) is 0 Å². The molecule has 0 bridgehead atoms. The third-order valence-electron chi connectivity index (χ3n) is 3.48. The highest BCUT2D eigenvalue weighted by Crippen LogP contribution is 2.26. The van der Waals surface area contributed by atoms with E-state index < -0.39 is 5.97 Å². The molecular weight excluding hydrogens is 242 g/mol. The van der Waals surface area contributed by atoms with E-state index in [0.717, 1.165) is 36.5 Å². The first kappa shape index (κ1) is 11.9. The molecule has 2 heterocycles. The number of hydrogen-bond acceptors (Lipinski definition) is 3. The smallest absolute Gasteiger partial charge is 0.335 e. The fourth-order valence-electron chi connectivity index (χ4n) is 2.44. The molecule has 0 saturated heterocycles. The Labute approximate surface area is 110 Å². The molecule has 0 spiro atoms. The van der Waals surface area contributed by atoms with Gasteiger partial charge < -0.3 is 15.4 Å². The number of imidazole rings is 1. The maximum Gasteiger partial charge on any atom is 0.335 e. The Bertz CT molecular complexity index is 616. The first-order valence-corrected chi connectivity index (χ1v) is 6.31. The van der Waals surface area contributed by atoms with Crippen LogP contribution in [-0.2, 0) is 6.54 Å². The number of fused-ring (bicyclic) bond motifs is 1. The lowest BCUT2D eigenvalue weighted by Crippen LogP contribution is -2.21. The Kier molecular flexibility index (Phi) is 2.83. The third kappa shape index (κ3) is 2.13. The summed E-state index contributed by atoms with van der Waals surface area (Å²) in [7, 11) is 0. The maximum absolute atomic E-state index is 10.8. The second-order valence-corrected chi connectivity index (χ2v) is 4.81. The number of aromatic carboxylic acids is 1. The van der Waals surface area contributed by atoms with Crippen molar-refractivity contribution in [1.29, 1.82) is 0 Å². The fourth-order valence-corrected chi connectivity index (χ4v) is 2.44. The van der Waals surface area contributed by atoms with Gasteiger partial charge in [-0.15, -0.1) is 0 Å². The molecule has 3 N–H and O–H groups in total. The van der Waals surface area contributed by atoms with Crippen molar-refractivity contribution in [2.45, 2.75) is 25.4 Å². The number of rotatable bonds is 2. The van der Waals surface area contributed by atoms with E-state index in [1.165, 1.54) is 0 Å². The number of hydrogen-bond donors (Lipinski definition) is 2. The van der Waals surface area contributed by atoms with Crippen LogP contribution < -0.4 is 5.73 Å². The number of nitrogens with two attached hydrogens (primary N) is 1. The standard InChI is InChI=1S/C14H15N3O2/c15-11-2-1-7-17-8-12(16-13(11)17)9-3-5-10(6-4-9)14(18)19/h3-6,8,11H,1-2,7,15H2,(H,18,19). The topological polar surface area (TPSA) is 81.1 Å². The number of carboxylic acid groups (broad SMARTS) is 1. The van der Waals surface area contributed by atoms with E-state index in [0.29, 0.717) is 0 Å². The predicted molar refractivity (Wildman–Crippen MR) is 70.8 cm³/mol. The summed E-state index contributed by atoms with van der Waals surface area (Å²) in [6.45, 7) is 0.948. The molecule has 2 aromatic rings. The number of aryl methyl sites for hydroxylation is 1. The normalized spacial score (nSPS) is 18.1. The lowest BCUT2D eigenvalue weighted by Gasteiger charge is -2.19. The molecule has 5 nitrogen and oxygen atoms in total. The van der Waals surface area contributed by atoms with Crippen LogP contribution in [-0.4, -0.2) is 20.6 Å². The van der Waals surface area contributed by atoms with Crippen molar-refractivity contribution in [3.63, 3.8) is 0 Å². The first-order valence-electron chi connectivity index (χ1n) is 6.31. The van der Waals surface area contributed by atoms with Gasteiger partial charge in [-0.05, 0) is 25.0 Å². The molecule has 1 atom stereocenters. The zero-order chi connectivity index (χ0) is 13.4. The number of carboxylic acids is 1. The summed E-state index contributed by atoms with van der Waals surface area (Å²) in [5.41, 5.74) is 8.09. The first-order chi connectivity index (χ1) is 9.15. The van der Waals surface area contributed by atoms with Gasteiger partial charge in [0, 0.05) is 18.3 Å².